The number of hydrogen-bond donors (Lipinski definition) is 2. The molecule has 0 saturated heterocycles. The molecular weight excluding hydrogens is 178 g/mol. The summed E-state index contributed by atoms with van der Waals surface area (Å²) in [5.74, 6) is -3.18. The van der Waals surface area contributed by atoms with Crippen molar-refractivity contribution in [2.75, 3.05) is 13.1 Å². The minimum absolute atomic E-state index is 0.173. The van der Waals surface area contributed by atoms with E-state index in [-0.39, 0.29) is 18.2 Å². The Labute approximate surface area is 76.7 Å². The van der Waals surface area contributed by atoms with E-state index in [1.54, 1.807) is 0 Å². The van der Waals surface area contributed by atoms with E-state index in [4.69, 9.17) is 5.73 Å². The lowest BCUT2D eigenvalue weighted by Crippen LogP contribution is -2.41. The topological polar surface area (TPSA) is 55.1 Å². The summed E-state index contributed by atoms with van der Waals surface area (Å²) in [5.41, 5.74) is 4.79. The minimum Gasteiger partial charge on any atom is -0.350 e. The van der Waals surface area contributed by atoms with Crippen LogP contribution in [-0.4, -0.2) is 24.9 Å². The zero-order chi connectivity index (χ0) is 10.5. The fourth-order valence-corrected chi connectivity index (χ4v) is 0.743. The van der Waals surface area contributed by atoms with Crippen LogP contribution >= 0.6 is 0 Å². The summed E-state index contributed by atoms with van der Waals surface area (Å²) in [6.07, 6.45) is 0.265. The van der Waals surface area contributed by atoms with Crippen molar-refractivity contribution in [2.45, 2.75) is 26.2 Å². The second-order valence-corrected chi connectivity index (χ2v) is 3.43. The quantitative estimate of drug-likeness (QED) is 0.678. The second kappa shape index (κ2) is 5.11. The molecule has 0 rings (SSSR count). The van der Waals surface area contributed by atoms with Crippen LogP contribution in [0.2, 0.25) is 0 Å². The standard InChI is InChI=1S/C8H16F2N2O/c1-6(2)3-7(13)12-5-8(9,10)4-11/h6H,3-5,11H2,1-2H3,(H,12,13). The van der Waals surface area contributed by atoms with Crippen LogP contribution in [0.3, 0.4) is 0 Å². The molecule has 78 valence electrons. The van der Waals surface area contributed by atoms with Crippen LogP contribution in [0, 0.1) is 5.92 Å². The molecule has 0 spiro atoms. The molecule has 0 saturated carbocycles. The smallest absolute Gasteiger partial charge is 0.277 e. The van der Waals surface area contributed by atoms with Crippen LogP contribution in [0.4, 0.5) is 8.78 Å². The van der Waals surface area contributed by atoms with Crippen molar-refractivity contribution in [1.29, 1.82) is 0 Å². The molecule has 0 radical (unpaired) electrons. The third-order valence-corrected chi connectivity index (χ3v) is 1.44. The van der Waals surface area contributed by atoms with Crippen molar-refractivity contribution in [1.82, 2.24) is 5.32 Å². The van der Waals surface area contributed by atoms with Crippen molar-refractivity contribution >= 4 is 5.91 Å². The first kappa shape index (κ1) is 12.3. The summed E-state index contributed by atoms with van der Waals surface area (Å²) in [6.45, 7) is 2.28. The maximum Gasteiger partial charge on any atom is 0.277 e. The number of hydrogen-bond acceptors (Lipinski definition) is 2. The Bertz CT molecular complexity index is 172. The summed E-state index contributed by atoms with van der Waals surface area (Å²) in [4.78, 5) is 10.9. The molecule has 0 aromatic rings. The number of carbonyl (C=O) groups is 1. The highest BCUT2D eigenvalue weighted by atomic mass is 19.3. The Morgan fingerprint density at radius 2 is 2.08 bits per heavy atom. The van der Waals surface area contributed by atoms with Gasteiger partial charge in [-0.1, -0.05) is 13.8 Å². The van der Waals surface area contributed by atoms with E-state index in [0.717, 1.165) is 0 Å². The number of rotatable bonds is 5. The number of nitrogens with one attached hydrogen (secondary N) is 1. The molecular formula is C8H16F2N2O. The molecule has 3 nitrogen and oxygen atoms in total. The van der Waals surface area contributed by atoms with Gasteiger partial charge in [-0.2, -0.15) is 0 Å². The molecule has 0 aliphatic rings. The monoisotopic (exact) mass is 194 g/mol. The molecule has 0 aromatic heterocycles. The fourth-order valence-electron chi connectivity index (χ4n) is 0.743. The largest absolute Gasteiger partial charge is 0.350 e. The van der Waals surface area contributed by atoms with Gasteiger partial charge in [0.05, 0.1) is 13.1 Å². The van der Waals surface area contributed by atoms with E-state index >= 15 is 0 Å². The predicted molar refractivity (Wildman–Crippen MR) is 46.5 cm³/mol. The summed E-state index contributed by atoms with van der Waals surface area (Å²) in [6, 6.07) is 0. The first-order valence-corrected chi connectivity index (χ1v) is 4.22. The van der Waals surface area contributed by atoms with Crippen LogP contribution in [0.5, 0.6) is 0 Å². The van der Waals surface area contributed by atoms with Crippen molar-refractivity contribution in [3.05, 3.63) is 0 Å². The molecule has 0 bridgehead atoms. The van der Waals surface area contributed by atoms with E-state index in [9.17, 15) is 13.6 Å². The van der Waals surface area contributed by atoms with Gasteiger partial charge in [0.1, 0.15) is 0 Å². The van der Waals surface area contributed by atoms with E-state index in [1.165, 1.54) is 0 Å². The third-order valence-electron chi connectivity index (χ3n) is 1.44. The van der Waals surface area contributed by atoms with Crippen LogP contribution in [0.1, 0.15) is 20.3 Å². The lowest BCUT2D eigenvalue weighted by Gasteiger charge is -2.14. The zero-order valence-electron chi connectivity index (χ0n) is 7.94. The van der Waals surface area contributed by atoms with Crippen molar-refractivity contribution in [3.63, 3.8) is 0 Å². The number of alkyl halides is 2. The average Bonchev–Trinajstić information content (AvgIpc) is 2.00. The Hall–Kier alpha value is -0.710. The first-order valence-electron chi connectivity index (χ1n) is 4.22. The Balaban J connectivity index is 3.70. The van der Waals surface area contributed by atoms with E-state index in [1.807, 2.05) is 13.8 Å². The van der Waals surface area contributed by atoms with Crippen LogP contribution < -0.4 is 11.1 Å². The highest BCUT2D eigenvalue weighted by Gasteiger charge is 2.26. The summed E-state index contributed by atoms with van der Waals surface area (Å²) in [5, 5.41) is 2.14. The van der Waals surface area contributed by atoms with Gasteiger partial charge >= 0.3 is 0 Å². The van der Waals surface area contributed by atoms with Crippen LogP contribution in [0.25, 0.3) is 0 Å². The van der Waals surface area contributed by atoms with E-state index < -0.39 is 19.0 Å². The van der Waals surface area contributed by atoms with Gasteiger partial charge in [0, 0.05) is 6.42 Å². The number of amides is 1. The van der Waals surface area contributed by atoms with E-state index in [2.05, 4.69) is 5.32 Å². The first-order chi connectivity index (χ1) is 5.87. The maximum absolute atomic E-state index is 12.5. The molecule has 0 heterocycles. The highest BCUT2D eigenvalue weighted by Crippen LogP contribution is 2.09. The van der Waals surface area contributed by atoms with Gasteiger partial charge in [0.15, 0.2) is 0 Å². The number of nitrogens with two attached hydrogens (primary N) is 1. The molecule has 3 N–H and O–H groups in total. The summed E-state index contributed by atoms with van der Waals surface area (Å²) >= 11 is 0. The highest BCUT2D eigenvalue weighted by molar-refractivity contribution is 5.76. The van der Waals surface area contributed by atoms with Crippen LogP contribution in [0.15, 0.2) is 0 Å². The lowest BCUT2D eigenvalue weighted by molar-refractivity contribution is -0.123. The molecule has 0 atom stereocenters. The molecule has 0 unspecified atom stereocenters. The Morgan fingerprint density at radius 1 is 1.54 bits per heavy atom. The second-order valence-electron chi connectivity index (χ2n) is 3.43. The van der Waals surface area contributed by atoms with E-state index in [0.29, 0.717) is 0 Å². The predicted octanol–water partition coefficient (Wildman–Crippen LogP) is 0.743. The van der Waals surface area contributed by atoms with Gasteiger partial charge in [-0.3, -0.25) is 4.79 Å². The summed E-state index contributed by atoms with van der Waals surface area (Å²) < 4.78 is 25.0. The zero-order valence-corrected chi connectivity index (χ0v) is 7.94. The molecule has 0 fully saturated rings. The molecule has 0 aromatic carbocycles. The lowest BCUT2D eigenvalue weighted by atomic mass is 10.1. The SMILES string of the molecule is CC(C)CC(=O)NCC(F)(F)CN. The fraction of sp³-hybridized carbons (Fsp3) is 0.875. The van der Waals surface area contributed by atoms with Gasteiger partial charge in [0.2, 0.25) is 5.91 Å². The maximum atomic E-state index is 12.5. The minimum atomic E-state index is -2.99. The molecule has 13 heavy (non-hydrogen) atoms. The number of carbonyl (C=O) groups excluding carboxylic acids is 1. The molecule has 0 aliphatic carbocycles. The average molecular weight is 194 g/mol. The van der Waals surface area contributed by atoms with Gasteiger partial charge in [0.25, 0.3) is 5.92 Å². The van der Waals surface area contributed by atoms with Gasteiger partial charge in [-0.05, 0) is 5.92 Å². The van der Waals surface area contributed by atoms with Crippen molar-refractivity contribution in [3.8, 4) is 0 Å². The van der Waals surface area contributed by atoms with Gasteiger partial charge in [-0.15, -0.1) is 0 Å². The van der Waals surface area contributed by atoms with Gasteiger partial charge in [-0.25, -0.2) is 8.78 Å². The molecule has 5 heteroatoms. The Kier molecular flexibility index (Phi) is 4.83. The normalized spacial score (nSPS) is 11.8. The Morgan fingerprint density at radius 3 is 2.46 bits per heavy atom. The van der Waals surface area contributed by atoms with Crippen LogP contribution in [-0.2, 0) is 4.79 Å². The van der Waals surface area contributed by atoms with Crippen molar-refractivity contribution < 1.29 is 13.6 Å². The summed E-state index contributed by atoms with van der Waals surface area (Å²) in [7, 11) is 0. The molecule has 1 amide bonds. The third kappa shape index (κ3) is 6.45. The molecule has 0 aliphatic heterocycles. The van der Waals surface area contributed by atoms with Crippen molar-refractivity contribution in [2.24, 2.45) is 11.7 Å². The van der Waals surface area contributed by atoms with Gasteiger partial charge < -0.3 is 11.1 Å². The number of halogens is 2.